The van der Waals surface area contributed by atoms with Gasteiger partial charge in [-0.3, -0.25) is 4.79 Å². The van der Waals surface area contributed by atoms with E-state index in [4.69, 9.17) is 0 Å². The van der Waals surface area contributed by atoms with Gasteiger partial charge in [0.15, 0.2) is 0 Å². The van der Waals surface area contributed by atoms with E-state index < -0.39 is 10.0 Å². The van der Waals surface area contributed by atoms with Crippen molar-refractivity contribution < 1.29 is 13.2 Å². The minimum absolute atomic E-state index is 0.132. The highest BCUT2D eigenvalue weighted by Gasteiger charge is 2.33. The van der Waals surface area contributed by atoms with Gasteiger partial charge in [-0.1, -0.05) is 46.3 Å². The molecule has 162 valence electrons. The molecule has 0 radical (unpaired) electrons. The Labute approximate surface area is 191 Å². The highest BCUT2D eigenvalue weighted by atomic mass is 79.9. The zero-order valence-electron chi connectivity index (χ0n) is 17.6. The Bertz CT molecular complexity index is 1230. The van der Waals surface area contributed by atoms with Crippen LogP contribution in [0.5, 0.6) is 0 Å². The fourth-order valence-corrected chi connectivity index (χ4v) is 6.43. The van der Waals surface area contributed by atoms with Gasteiger partial charge in [-0.2, -0.15) is 4.31 Å². The summed E-state index contributed by atoms with van der Waals surface area (Å²) in [6.07, 6.45) is 1.33. The van der Waals surface area contributed by atoms with Gasteiger partial charge in [0.2, 0.25) is 15.9 Å². The van der Waals surface area contributed by atoms with Crippen molar-refractivity contribution in [3.63, 3.8) is 0 Å². The Morgan fingerprint density at radius 3 is 2.42 bits per heavy atom. The van der Waals surface area contributed by atoms with Crippen LogP contribution in [0.3, 0.4) is 0 Å². The Hall–Kier alpha value is -2.22. The second-order valence-electron chi connectivity index (χ2n) is 8.11. The van der Waals surface area contributed by atoms with E-state index in [1.165, 1.54) is 4.31 Å². The number of carbonyl (C=O) groups excluding carboxylic acids is 1. The summed E-state index contributed by atoms with van der Waals surface area (Å²) in [5, 5.41) is 4.91. The van der Waals surface area contributed by atoms with Gasteiger partial charge < -0.3 is 5.32 Å². The molecule has 1 saturated heterocycles. The van der Waals surface area contributed by atoms with Gasteiger partial charge in [-0.25, -0.2) is 8.42 Å². The second kappa shape index (κ2) is 8.73. The quantitative estimate of drug-likeness (QED) is 0.531. The molecule has 1 amide bonds. The van der Waals surface area contributed by atoms with Crippen molar-refractivity contribution in [3.05, 3.63) is 70.2 Å². The van der Waals surface area contributed by atoms with Crippen LogP contribution in [-0.4, -0.2) is 31.7 Å². The molecular weight excluding hydrogens is 476 g/mol. The zero-order chi connectivity index (χ0) is 22.2. The number of anilines is 1. The van der Waals surface area contributed by atoms with Gasteiger partial charge in [0, 0.05) is 23.2 Å². The molecule has 0 aromatic heterocycles. The third-order valence-corrected chi connectivity index (χ3v) is 8.18. The molecule has 1 aliphatic rings. The molecule has 1 aliphatic heterocycles. The summed E-state index contributed by atoms with van der Waals surface area (Å²) in [5.41, 5.74) is 2.73. The Morgan fingerprint density at radius 2 is 1.71 bits per heavy atom. The number of aryl methyl sites for hydroxylation is 2. The van der Waals surface area contributed by atoms with E-state index in [0.29, 0.717) is 19.4 Å². The number of nitrogens with zero attached hydrogens (tertiary/aromatic N) is 1. The van der Waals surface area contributed by atoms with Gasteiger partial charge in [0.05, 0.1) is 10.8 Å². The van der Waals surface area contributed by atoms with E-state index in [2.05, 4.69) is 21.2 Å². The number of fused-ring (bicyclic) bond motifs is 1. The molecule has 4 rings (SSSR count). The normalized spacial score (nSPS) is 17.6. The summed E-state index contributed by atoms with van der Waals surface area (Å²) in [4.78, 5) is 13.3. The minimum atomic E-state index is -3.67. The average Bonchev–Trinajstić information content (AvgIpc) is 2.75. The van der Waals surface area contributed by atoms with Gasteiger partial charge in [-0.05, 0) is 72.9 Å². The molecule has 0 spiro atoms. The molecule has 7 heteroatoms. The third kappa shape index (κ3) is 4.54. The van der Waals surface area contributed by atoms with Crippen LogP contribution in [0.15, 0.2) is 64.0 Å². The molecule has 1 atom stereocenters. The van der Waals surface area contributed by atoms with Gasteiger partial charge >= 0.3 is 0 Å². The number of piperidine rings is 1. The number of amides is 1. The van der Waals surface area contributed by atoms with E-state index in [-0.39, 0.29) is 23.3 Å². The molecule has 1 fully saturated rings. The zero-order valence-corrected chi connectivity index (χ0v) is 20.0. The van der Waals surface area contributed by atoms with Gasteiger partial charge in [0.25, 0.3) is 0 Å². The topological polar surface area (TPSA) is 66.5 Å². The lowest BCUT2D eigenvalue weighted by Gasteiger charge is -2.31. The van der Waals surface area contributed by atoms with Crippen LogP contribution < -0.4 is 5.32 Å². The Kier molecular flexibility index (Phi) is 6.19. The first-order chi connectivity index (χ1) is 14.8. The van der Waals surface area contributed by atoms with E-state index in [9.17, 15) is 13.2 Å². The molecule has 3 aromatic rings. The number of halogens is 1. The summed E-state index contributed by atoms with van der Waals surface area (Å²) in [6, 6.07) is 16.8. The molecule has 0 bridgehead atoms. The predicted molar refractivity (Wildman–Crippen MR) is 128 cm³/mol. The van der Waals surface area contributed by atoms with Crippen molar-refractivity contribution in [2.45, 2.75) is 31.6 Å². The molecule has 1 N–H and O–H groups in total. The largest absolute Gasteiger partial charge is 0.325 e. The van der Waals surface area contributed by atoms with Crippen molar-refractivity contribution in [1.29, 1.82) is 0 Å². The highest BCUT2D eigenvalue weighted by molar-refractivity contribution is 9.10. The molecule has 5 nitrogen and oxygen atoms in total. The summed E-state index contributed by atoms with van der Waals surface area (Å²) < 4.78 is 29.0. The Morgan fingerprint density at radius 1 is 1.03 bits per heavy atom. The van der Waals surface area contributed by atoms with Crippen molar-refractivity contribution in [2.75, 3.05) is 18.4 Å². The fourth-order valence-electron chi connectivity index (χ4n) is 4.18. The number of carbonyl (C=O) groups is 1. The lowest BCUT2D eigenvalue weighted by Crippen LogP contribution is -2.43. The summed E-state index contributed by atoms with van der Waals surface area (Å²) in [7, 11) is -3.67. The number of nitrogens with one attached hydrogen (secondary N) is 1. The number of hydrogen-bond acceptors (Lipinski definition) is 3. The van der Waals surface area contributed by atoms with Crippen molar-refractivity contribution >= 4 is 48.3 Å². The number of hydrogen-bond donors (Lipinski definition) is 1. The summed E-state index contributed by atoms with van der Waals surface area (Å²) in [6.45, 7) is 4.51. The van der Waals surface area contributed by atoms with E-state index in [0.717, 1.165) is 32.1 Å². The first-order valence-electron chi connectivity index (χ1n) is 10.3. The van der Waals surface area contributed by atoms with E-state index in [1.54, 1.807) is 12.1 Å². The third-order valence-electron chi connectivity index (χ3n) is 5.86. The first-order valence-corrected chi connectivity index (χ1v) is 12.6. The van der Waals surface area contributed by atoms with Gasteiger partial charge in [0.1, 0.15) is 0 Å². The number of benzene rings is 3. The van der Waals surface area contributed by atoms with E-state index >= 15 is 0 Å². The van der Waals surface area contributed by atoms with Crippen LogP contribution in [0.1, 0.15) is 24.0 Å². The van der Waals surface area contributed by atoms with Crippen LogP contribution in [-0.2, 0) is 14.8 Å². The van der Waals surface area contributed by atoms with Crippen molar-refractivity contribution in [1.82, 2.24) is 4.31 Å². The molecular formula is C24H25BrN2O3S. The van der Waals surface area contributed by atoms with Crippen LogP contribution in [0.25, 0.3) is 10.8 Å². The van der Waals surface area contributed by atoms with Crippen LogP contribution in [0, 0.1) is 19.8 Å². The molecule has 3 aromatic carbocycles. The molecule has 0 saturated carbocycles. The maximum atomic E-state index is 13.3. The smallest absolute Gasteiger partial charge is 0.243 e. The molecule has 0 aliphatic carbocycles. The molecule has 1 heterocycles. The lowest BCUT2D eigenvalue weighted by atomic mass is 9.98. The molecule has 31 heavy (non-hydrogen) atoms. The first kappa shape index (κ1) is 22.0. The van der Waals surface area contributed by atoms with Gasteiger partial charge in [-0.15, -0.1) is 0 Å². The minimum Gasteiger partial charge on any atom is -0.325 e. The lowest BCUT2D eigenvalue weighted by molar-refractivity contribution is -0.120. The van der Waals surface area contributed by atoms with E-state index in [1.807, 2.05) is 56.3 Å². The fraction of sp³-hybridized carbons (Fsp3) is 0.292. The van der Waals surface area contributed by atoms with Crippen LogP contribution in [0.2, 0.25) is 0 Å². The standard InChI is InChI=1S/C24H25BrN2O3S/c1-16-12-21(25)13-17(2)23(16)26-24(28)20-8-5-11-27(15-20)31(29,30)22-10-9-18-6-3-4-7-19(18)14-22/h3-4,6-7,9-10,12-14,20H,5,8,11,15H2,1-2H3,(H,26,28)/t20-/m1/s1. The van der Waals surface area contributed by atoms with Crippen molar-refractivity contribution in [3.8, 4) is 0 Å². The van der Waals surface area contributed by atoms with Crippen molar-refractivity contribution in [2.24, 2.45) is 5.92 Å². The van der Waals surface area contributed by atoms with Crippen LogP contribution >= 0.6 is 15.9 Å². The highest BCUT2D eigenvalue weighted by Crippen LogP contribution is 2.29. The monoisotopic (exact) mass is 500 g/mol. The average molecular weight is 501 g/mol. The number of sulfonamides is 1. The Balaban J connectivity index is 1.54. The SMILES string of the molecule is Cc1cc(Br)cc(C)c1NC(=O)[C@@H]1CCCN(S(=O)(=O)c2ccc3ccccc3c2)C1. The second-order valence-corrected chi connectivity index (χ2v) is 11.0. The summed E-state index contributed by atoms with van der Waals surface area (Å²) in [5.74, 6) is -0.515. The van der Waals surface area contributed by atoms with Crippen LogP contribution in [0.4, 0.5) is 5.69 Å². The predicted octanol–water partition coefficient (Wildman–Crippen LogP) is 5.26. The molecule has 0 unspecified atom stereocenters. The maximum Gasteiger partial charge on any atom is 0.243 e. The maximum absolute atomic E-state index is 13.3. The number of rotatable bonds is 4. The summed E-state index contributed by atoms with van der Waals surface area (Å²) >= 11 is 3.47.